The van der Waals surface area contributed by atoms with Crippen LogP contribution in [0, 0.1) is 0 Å². The Kier molecular flexibility index (Phi) is 8.30. The average Bonchev–Trinajstić information content (AvgIpc) is 2.87. The van der Waals surface area contributed by atoms with Crippen LogP contribution in [0.2, 0.25) is 0 Å². The summed E-state index contributed by atoms with van der Waals surface area (Å²) in [6.07, 6.45) is 1.14. The molecule has 0 aliphatic heterocycles. The summed E-state index contributed by atoms with van der Waals surface area (Å²) >= 11 is 0. The molecular formula is C27H29NO7. The van der Waals surface area contributed by atoms with Crippen molar-refractivity contribution in [1.82, 2.24) is 0 Å². The molecule has 0 aromatic heterocycles. The first kappa shape index (κ1) is 25.6. The van der Waals surface area contributed by atoms with Gasteiger partial charge in [-0.1, -0.05) is 24.3 Å². The monoisotopic (exact) mass is 479 g/mol. The molecule has 1 aliphatic carbocycles. The number of aryl methyl sites for hydroxylation is 1. The van der Waals surface area contributed by atoms with Crippen LogP contribution in [0.4, 0.5) is 5.69 Å². The van der Waals surface area contributed by atoms with Crippen molar-refractivity contribution in [3.63, 3.8) is 0 Å². The molecule has 1 aliphatic rings. The first-order chi connectivity index (χ1) is 16.8. The van der Waals surface area contributed by atoms with Gasteiger partial charge in [-0.3, -0.25) is 14.4 Å². The number of benzene rings is 2. The van der Waals surface area contributed by atoms with Gasteiger partial charge in [0.1, 0.15) is 0 Å². The van der Waals surface area contributed by atoms with Crippen LogP contribution in [-0.4, -0.2) is 45.9 Å². The quantitative estimate of drug-likeness (QED) is 0.518. The number of carbonyl (C=O) groups excluding carboxylic acids is 3. The highest BCUT2D eigenvalue weighted by Gasteiger charge is 2.34. The number of ketones is 2. The lowest BCUT2D eigenvalue weighted by atomic mass is 9.88. The number of amides is 1. The number of ether oxygens (including phenoxy) is 4. The second kappa shape index (κ2) is 11.4. The van der Waals surface area contributed by atoms with Gasteiger partial charge in [-0.25, -0.2) is 0 Å². The molecule has 8 heteroatoms. The van der Waals surface area contributed by atoms with Crippen molar-refractivity contribution in [3.05, 3.63) is 76.3 Å². The molecule has 3 rings (SSSR count). The standard InChI is InChI=1S/C27H29NO7/c1-16-20(25(31)27(35-5)26(34-4)24(16)30)14-18-8-6-17(7-9-18)10-13-23(29)28-19-11-12-21(32-2)22(15-19)33-3/h6-9,11-12,15H,10,13-14H2,1-5H3,(H,28,29). The lowest BCUT2D eigenvalue weighted by molar-refractivity contribution is -0.121. The highest BCUT2D eigenvalue weighted by Crippen LogP contribution is 2.30. The predicted octanol–water partition coefficient (Wildman–Crippen LogP) is 3.79. The Morgan fingerprint density at radius 2 is 1.37 bits per heavy atom. The van der Waals surface area contributed by atoms with Crippen molar-refractivity contribution in [1.29, 1.82) is 0 Å². The summed E-state index contributed by atoms with van der Waals surface area (Å²) in [5.41, 5.74) is 3.21. The summed E-state index contributed by atoms with van der Waals surface area (Å²) in [6.45, 7) is 1.62. The highest BCUT2D eigenvalue weighted by molar-refractivity contribution is 6.23. The number of carbonyl (C=O) groups is 3. The minimum Gasteiger partial charge on any atom is -0.493 e. The largest absolute Gasteiger partial charge is 0.493 e. The third-order valence-corrected chi connectivity index (χ3v) is 5.81. The topological polar surface area (TPSA) is 100 Å². The minimum atomic E-state index is -0.351. The molecule has 0 unspecified atom stereocenters. The number of allylic oxidation sites excluding steroid dienone is 2. The van der Waals surface area contributed by atoms with Crippen LogP contribution in [-0.2, 0) is 36.7 Å². The van der Waals surface area contributed by atoms with Crippen molar-refractivity contribution in [3.8, 4) is 11.5 Å². The number of methoxy groups -OCH3 is 4. The van der Waals surface area contributed by atoms with E-state index < -0.39 is 0 Å². The normalized spacial score (nSPS) is 13.6. The Balaban J connectivity index is 1.61. The van der Waals surface area contributed by atoms with Crippen molar-refractivity contribution < 1.29 is 33.3 Å². The molecule has 1 N–H and O–H groups in total. The molecule has 0 fully saturated rings. The van der Waals surface area contributed by atoms with E-state index in [0.29, 0.717) is 47.6 Å². The Morgan fingerprint density at radius 3 is 1.97 bits per heavy atom. The van der Waals surface area contributed by atoms with Gasteiger partial charge in [-0.15, -0.1) is 0 Å². The summed E-state index contributed by atoms with van der Waals surface area (Å²) in [5, 5.41) is 2.86. The molecule has 184 valence electrons. The first-order valence-electron chi connectivity index (χ1n) is 11.0. The van der Waals surface area contributed by atoms with E-state index >= 15 is 0 Å². The number of hydrogen-bond acceptors (Lipinski definition) is 7. The van der Waals surface area contributed by atoms with E-state index in [9.17, 15) is 14.4 Å². The zero-order chi connectivity index (χ0) is 25.5. The van der Waals surface area contributed by atoms with E-state index in [4.69, 9.17) is 18.9 Å². The van der Waals surface area contributed by atoms with Gasteiger partial charge >= 0.3 is 0 Å². The van der Waals surface area contributed by atoms with Crippen LogP contribution in [0.5, 0.6) is 11.5 Å². The number of rotatable bonds is 10. The molecule has 0 atom stereocenters. The summed E-state index contributed by atoms with van der Waals surface area (Å²) in [6, 6.07) is 12.8. The summed E-state index contributed by atoms with van der Waals surface area (Å²) in [4.78, 5) is 37.8. The summed E-state index contributed by atoms with van der Waals surface area (Å²) in [5.74, 6) is 0.158. The molecule has 0 radical (unpaired) electrons. The molecule has 0 saturated carbocycles. The third kappa shape index (κ3) is 5.71. The van der Waals surface area contributed by atoms with E-state index in [2.05, 4.69) is 5.32 Å². The lowest BCUT2D eigenvalue weighted by Gasteiger charge is -2.20. The second-order valence-electron chi connectivity index (χ2n) is 7.94. The van der Waals surface area contributed by atoms with Gasteiger partial charge in [0, 0.05) is 35.7 Å². The minimum absolute atomic E-state index is 0.0690. The van der Waals surface area contributed by atoms with Crippen molar-refractivity contribution in [2.75, 3.05) is 33.8 Å². The van der Waals surface area contributed by atoms with Gasteiger partial charge < -0.3 is 24.3 Å². The molecule has 0 bridgehead atoms. The van der Waals surface area contributed by atoms with E-state index in [1.165, 1.54) is 21.3 Å². The Morgan fingerprint density at radius 1 is 0.771 bits per heavy atom. The Bertz CT molecular complexity index is 1190. The zero-order valence-corrected chi connectivity index (χ0v) is 20.5. The Labute approximate surface area is 204 Å². The van der Waals surface area contributed by atoms with Gasteiger partial charge in [0.2, 0.25) is 29.0 Å². The zero-order valence-electron chi connectivity index (χ0n) is 20.5. The van der Waals surface area contributed by atoms with Gasteiger partial charge in [0.25, 0.3) is 0 Å². The fourth-order valence-corrected chi connectivity index (χ4v) is 3.83. The van der Waals surface area contributed by atoms with Crippen LogP contribution in [0.15, 0.2) is 65.1 Å². The van der Waals surface area contributed by atoms with Crippen LogP contribution in [0.3, 0.4) is 0 Å². The third-order valence-electron chi connectivity index (χ3n) is 5.81. The molecule has 2 aromatic rings. The molecule has 0 saturated heterocycles. The number of Topliss-reactive ketones (excluding diaryl/α,β-unsaturated/α-hetero) is 2. The number of anilines is 1. The van der Waals surface area contributed by atoms with E-state index in [1.807, 2.05) is 24.3 Å². The van der Waals surface area contributed by atoms with Crippen molar-refractivity contribution in [2.24, 2.45) is 0 Å². The lowest BCUT2D eigenvalue weighted by Crippen LogP contribution is -2.26. The molecule has 8 nitrogen and oxygen atoms in total. The average molecular weight is 480 g/mol. The van der Waals surface area contributed by atoms with Crippen molar-refractivity contribution in [2.45, 2.75) is 26.2 Å². The molecule has 1 amide bonds. The van der Waals surface area contributed by atoms with Crippen molar-refractivity contribution >= 4 is 23.2 Å². The van der Waals surface area contributed by atoms with E-state index in [1.54, 1.807) is 32.2 Å². The van der Waals surface area contributed by atoms with Gasteiger partial charge in [0.15, 0.2) is 11.5 Å². The molecular weight excluding hydrogens is 450 g/mol. The Hall–Kier alpha value is -4.07. The molecule has 0 heterocycles. The van der Waals surface area contributed by atoms with Gasteiger partial charge in [-0.2, -0.15) is 0 Å². The van der Waals surface area contributed by atoms with Crippen LogP contribution >= 0.6 is 0 Å². The first-order valence-corrected chi connectivity index (χ1v) is 11.0. The fraction of sp³-hybridized carbons (Fsp3) is 0.296. The predicted molar refractivity (Wildman–Crippen MR) is 130 cm³/mol. The highest BCUT2D eigenvalue weighted by atomic mass is 16.5. The molecule has 0 spiro atoms. The maximum Gasteiger partial charge on any atom is 0.228 e. The van der Waals surface area contributed by atoms with Gasteiger partial charge in [0.05, 0.1) is 28.4 Å². The van der Waals surface area contributed by atoms with Crippen LogP contribution < -0.4 is 14.8 Å². The molecule has 35 heavy (non-hydrogen) atoms. The number of hydrogen-bond donors (Lipinski definition) is 1. The molecule has 2 aromatic carbocycles. The van der Waals surface area contributed by atoms with Gasteiger partial charge in [-0.05, 0) is 36.6 Å². The smallest absolute Gasteiger partial charge is 0.228 e. The maximum absolute atomic E-state index is 12.8. The maximum atomic E-state index is 12.8. The van der Waals surface area contributed by atoms with Crippen LogP contribution in [0.25, 0.3) is 0 Å². The summed E-state index contributed by atoms with van der Waals surface area (Å²) in [7, 11) is 5.77. The summed E-state index contributed by atoms with van der Waals surface area (Å²) < 4.78 is 20.7. The number of nitrogens with one attached hydrogen (secondary N) is 1. The van der Waals surface area contributed by atoms with Crippen LogP contribution in [0.1, 0.15) is 24.5 Å². The second-order valence-corrected chi connectivity index (χ2v) is 7.94. The van der Waals surface area contributed by atoms with E-state index in [-0.39, 0.29) is 29.0 Å². The fourth-order valence-electron chi connectivity index (χ4n) is 3.83. The van der Waals surface area contributed by atoms with E-state index in [0.717, 1.165) is 11.1 Å². The SMILES string of the molecule is COC1=C(OC)C(=O)C(Cc2ccc(CCC(=O)Nc3ccc(OC)c(OC)c3)cc2)=C(C)C1=O.